The van der Waals surface area contributed by atoms with Crippen molar-refractivity contribution < 1.29 is 38.1 Å². The maximum atomic E-state index is 13.0. The zero-order valence-corrected chi connectivity index (χ0v) is 21.8. The van der Waals surface area contributed by atoms with E-state index in [1.54, 1.807) is 83.1 Å². The van der Waals surface area contributed by atoms with E-state index < -0.39 is 71.0 Å². The lowest BCUT2D eigenvalue weighted by Crippen LogP contribution is -2.41. The van der Waals surface area contributed by atoms with E-state index in [4.69, 9.17) is 18.9 Å². The molecule has 0 N–H and O–H groups in total. The number of rotatable bonds is 7. The summed E-state index contributed by atoms with van der Waals surface area (Å²) in [5.74, 6) is -5.53. The highest BCUT2D eigenvalue weighted by atomic mass is 16.6. The summed E-state index contributed by atoms with van der Waals surface area (Å²) in [7, 11) is 0. The molecule has 8 heteroatoms. The maximum absolute atomic E-state index is 13.0. The molecule has 2 atom stereocenters. The van der Waals surface area contributed by atoms with Crippen molar-refractivity contribution in [1.82, 2.24) is 0 Å². The summed E-state index contributed by atoms with van der Waals surface area (Å²) in [6.07, 6.45) is -0.891. The number of hydrogen-bond donors (Lipinski definition) is 0. The van der Waals surface area contributed by atoms with Crippen LogP contribution >= 0.6 is 0 Å². The van der Waals surface area contributed by atoms with Gasteiger partial charge < -0.3 is 18.9 Å². The molecule has 0 bridgehead atoms. The minimum absolute atomic E-state index is 0.446. The molecule has 0 heterocycles. The molecule has 0 aliphatic rings. The van der Waals surface area contributed by atoms with Gasteiger partial charge in [0, 0.05) is 0 Å². The van der Waals surface area contributed by atoms with Crippen molar-refractivity contribution in [2.24, 2.45) is 11.8 Å². The number of ether oxygens (including phenoxy) is 4. The van der Waals surface area contributed by atoms with Crippen molar-refractivity contribution in [3.05, 3.63) is 0 Å². The Morgan fingerprint density at radius 3 is 0.875 bits per heavy atom. The summed E-state index contributed by atoms with van der Waals surface area (Å²) in [4.78, 5) is 51.2. The summed E-state index contributed by atoms with van der Waals surface area (Å²) in [6.45, 7) is 20.2. The highest BCUT2D eigenvalue weighted by molar-refractivity contribution is 5.89. The van der Waals surface area contributed by atoms with Crippen LogP contribution in [0.3, 0.4) is 0 Å². The van der Waals surface area contributed by atoms with E-state index in [0.717, 1.165) is 0 Å². The predicted octanol–water partition coefficient (Wildman–Crippen LogP) is 4.37. The highest BCUT2D eigenvalue weighted by Gasteiger charge is 2.43. The monoisotopic (exact) mass is 458 g/mol. The molecule has 0 amide bonds. The van der Waals surface area contributed by atoms with Gasteiger partial charge >= 0.3 is 23.9 Å². The Hall–Kier alpha value is -2.12. The Morgan fingerprint density at radius 1 is 0.469 bits per heavy atom. The fourth-order valence-corrected chi connectivity index (χ4v) is 2.66. The van der Waals surface area contributed by atoms with Gasteiger partial charge in [0.1, 0.15) is 22.4 Å². The van der Waals surface area contributed by atoms with Crippen molar-refractivity contribution >= 4 is 23.9 Å². The van der Waals surface area contributed by atoms with Gasteiger partial charge in [0.05, 0.1) is 24.7 Å². The lowest BCUT2D eigenvalue weighted by Gasteiger charge is -2.31. The van der Waals surface area contributed by atoms with Crippen LogP contribution in [0.4, 0.5) is 0 Å². The van der Waals surface area contributed by atoms with E-state index in [1.165, 1.54) is 0 Å². The average molecular weight is 459 g/mol. The average Bonchev–Trinajstić information content (AvgIpc) is 2.43. The van der Waals surface area contributed by atoms with Gasteiger partial charge in [0.25, 0.3) is 0 Å². The second-order valence-corrected chi connectivity index (χ2v) is 11.9. The lowest BCUT2D eigenvalue weighted by atomic mass is 9.86. The number of carbonyl (C=O) groups is 4. The standard InChI is InChI=1S/C24H42O8/c1-21(2,3)29-17(25)13-15(19(27)31-23(7,8)9)16(20(28)32-24(10,11)12)14-18(26)30-22(4,5)6/h15-16H,13-14H2,1-12H3. The van der Waals surface area contributed by atoms with E-state index in [2.05, 4.69) is 0 Å². The third-order valence-corrected chi connectivity index (χ3v) is 3.52. The molecule has 0 aliphatic carbocycles. The minimum atomic E-state index is -1.29. The van der Waals surface area contributed by atoms with Gasteiger partial charge in [-0.25, -0.2) is 0 Å². The first-order valence-corrected chi connectivity index (χ1v) is 10.9. The normalized spacial score (nSPS) is 14.8. The smallest absolute Gasteiger partial charge is 0.310 e. The molecule has 0 aliphatic heterocycles. The number of carbonyl (C=O) groups excluding carboxylic acids is 4. The summed E-state index contributed by atoms with van der Waals surface area (Å²) in [5, 5.41) is 0. The number of esters is 4. The van der Waals surface area contributed by atoms with Crippen molar-refractivity contribution in [2.75, 3.05) is 0 Å². The molecule has 0 spiro atoms. The van der Waals surface area contributed by atoms with Gasteiger partial charge in [0.2, 0.25) is 0 Å². The van der Waals surface area contributed by atoms with E-state index >= 15 is 0 Å². The number of hydrogen-bond acceptors (Lipinski definition) is 8. The second kappa shape index (κ2) is 10.7. The van der Waals surface area contributed by atoms with Crippen LogP contribution in [0.25, 0.3) is 0 Å². The fourth-order valence-electron chi connectivity index (χ4n) is 2.66. The molecule has 0 fully saturated rings. The van der Waals surface area contributed by atoms with Crippen LogP contribution in [0.5, 0.6) is 0 Å². The molecule has 0 radical (unpaired) electrons. The van der Waals surface area contributed by atoms with Crippen molar-refractivity contribution in [3.8, 4) is 0 Å². The van der Waals surface area contributed by atoms with Gasteiger partial charge in [-0.3, -0.25) is 19.2 Å². The molecule has 0 saturated carbocycles. The molecule has 186 valence electrons. The molecule has 0 rings (SSSR count). The summed E-state index contributed by atoms with van der Waals surface area (Å²) < 4.78 is 21.6. The summed E-state index contributed by atoms with van der Waals surface area (Å²) in [5.41, 5.74) is -3.31. The first-order valence-electron chi connectivity index (χ1n) is 10.9. The molecule has 0 aromatic rings. The molecule has 8 nitrogen and oxygen atoms in total. The fraction of sp³-hybridized carbons (Fsp3) is 0.833. The van der Waals surface area contributed by atoms with Crippen LogP contribution in [0.2, 0.25) is 0 Å². The van der Waals surface area contributed by atoms with Gasteiger partial charge in [0.15, 0.2) is 0 Å². The molecular formula is C24H42O8. The molecule has 32 heavy (non-hydrogen) atoms. The van der Waals surface area contributed by atoms with E-state index in [9.17, 15) is 19.2 Å². The van der Waals surface area contributed by atoms with Gasteiger partial charge in [-0.05, 0) is 83.1 Å². The lowest BCUT2D eigenvalue weighted by molar-refractivity contribution is -0.180. The summed E-state index contributed by atoms with van der Waals surface area (Å²) in [6, 6.07) is 0. The van der Waals surface area contributed by atoms with Crippen molar-refractivity contribution in [3.63, 3.8) is 0 Å². The Balaban J connectivity index is 6.14. The molecule has 0 saturated heterocycles. The first-order chi connectivity index (χ1) is 14.0. The van der Waals surface area contributed by atoms with Crippen LogP contribution in [0.15, 0.2) is 0 Å². The SMILES string of the molecule is CC(C)(C)OC(=O)CC(C(=O)OC(C)(C)C)C(CC(=O)OC(C)(C)C)C(=O)OC(C)(C)C. The van der Waals surface area contributed by atoms with Crippen molar-refractivity contribution in [1.29, 1.82) is 0 Å². The predicted molar refractivity (Wildman–Crippen MR) is 120 cm³/mol. The zero-order chi connectivity index (χ0) is 25.7. The topological polar surface area (TPSA) is 105 Å². The third-order valence-electron chi connectivity index (χ3n) is 3.52. The van der Waals surface area contributed by atoms with Gasteiger partial charge in [-0.2, -0.15) is 0 Å². The largest absolute Gasteiger partial charge is 0.460 e. The van der Waals surface area contributed by atoms with Crippen LogP contribution in [-0.2, 0) is 38.1 Å². The van der Waals surface area contributed by atoms with Crippen LogP contribution in [0.1, 0.15) is 95.9 Å². The quantitative estimate of drug-likeness (QED) is 0.409. The Kier molecular flexibility index (Phi) is 9.96. The van der Waals surface area contributed by atoms with E-state index in [1.807, 2.05) is 0 Å². The third kappa shape index (κ3) is 14.0. The maximum Gasteiger partial charge on any atom is 0.310 e. The molecular weight excluding hydrogens is 416 g/mol. The molecule has 2 unspecified atom stereocenters. The van der Waals surface area contributed by atoms with Gasteiger partial charge in [-0.1, -0.05) is 0 Å². The summed E-state index contributed by atoms with van der Waals surface area (Å²) >= 11 is 0. The van der Waals surface area contributed by atoms with E-state index in [0.29, 0.717) is 0 Å². The second-order valence-electron chi connectivity index (χ2n) is 11.9. The van der Waals surface area contributed by atoms with E-state index in [-0.39, 0.29) is 0 Å². The minimum Gasteiger partial charge on any atom is -0.460 e. The van der Waals surface area contributed by atoms with Crippen LogP contribution in [-0.4, -0.2) is 46.3 Å². The Bertz CT molecular complexity index is 621. The van der Waals surface area contributed by atoms with Crippen LogP contribution < -0.4 is 0 Å². The Labute approximate surface area is 192 Å². The van der Waals surface area contributed by atoms with Crippen molar-refractivity contribution in [2.45, 2.75) is 118 Å². The van der Waals surface area contributed by atoms with Gasteiger partial charge in [-0.15, -0.1) is 0 Å². The highest BCUT2D eigenvalue weighted by Crippen LogP contribution is 2.29. The molecule has 0 aromatic carbocycles. The molecule has 0 aromatic heterocycles. The first kappa shape index (κ1) is 29.9. The Morgan fingerprint density at radius 2 is 0.688 bits per heavy atom. The van der Waals surface area contributed by atoms with Crippen LogP contribution in [0, 0.1) is 11.8 Å². The zero-order valence-electron chi connectivity index (χ0n) is 21.8.